The first-order valence-corrected chi connectivity index (χ1v) is 7.29. The zero-order valence-corrected chi connectivity index (χ0v) is 11.8. The van der Waals surface area contributed by atoms with Crippen LogP contribution in [0.15, 0.2) is 36.6 Å². The molecule has 1 aliphatic carbocycles. The van der Waals surface area contributed by atoms with Gasteiger partial charge in [-0.2, -0.15) is 0 Å². The lowest BCUT2D eigenvalue weighted by Crippen LogP contribution is -2.36. The molecule has 2 aliphatic heterocycles. The third-order valence-electron chi connectivity index (χ3n) is 4.33. The SMILES string of the molecule is C=C1C2C=CC=CC2C(=O)N1CC[C@@H]1C[C@@H](O)CC(=O)O1. The van der Waals surface area contributed by atoms with Crippen molar-refractivity contribution in [2.45, 2.75) is 31.5 Å². The van der Waals surface area contributed by atoms with E-state index < -0.39 is 6.10 Å². The highest BCUT2D eigenvalue weighted by Crippen LogP contribution is 2.37. The van der Waals surface area contributed by atoms with Crippen molar-refractivity contribution in [1.29, 1.82) is 0 Å². The summed E-state index contributed by atoms with van der Waals surface area (Å²) < 4.78 is 5.21. The first-order valence-electron chi connectivity index (χ1n) is 7.29. The Hall–Kier alpha value is -1.88. The third-order valence-corrected chi connectivity index (χ3v) is 4.33. The first kappa shape index (κ1) is 14.1. The summed E-state index contributed by atoms with van der Waals surface area (Å²) in [5, 5.41) is 9.60. The monoisotopic (exact) mass is 289 g/mol. The van der Waals surface area contributed by atoms with Crippen LogP contribution >= 0.6 is 0 Å². The lowest BCUT2D eigenvalue weighted by Gasteiger charge is -2.28. The molecule has 112 valence electrons. The minimum absolute atomic E-state index is 0.0435. The minimum Gasteiger partial charge on any atom is -0.462 e. The van der Waals surface area contributed by atoms with Gasteiger partial charge in [0.05, 0.1) is 18.4 Å². The van der Waals surface area contributed by atoms with E-state index in [1.807, 2.05) is 24.3 Å². The van der Waals surface area contributed by atoms with Crippen LogP contribution in [0.2, 0.25) is 0 Å². The Labute approximate surface area is 123 Å². The number of nitrogens with zero attached hydrogens (tertiary/aromatic N) is 1. The normalized spacial score (nSPS) is 35.1. The van der Waals surface area contributed by atoms with Gasteiger partial charge in [0.25, 0.3) is 0 Å². The van der Waals surface area contributed by atoms with Crippen molar-refractivity contribution in [3.05, 3.63) is 36.6 Å². The maximum absolute atomic E-state index is 12.4. The Morgan fingerprint density at radius 3 is 2.67 bits per heavy atom. The molecule has 0 spiro atoms. The number of ether oxygens (including phenoxy) is 1. The zero-order chi connectivity index (χ0) is 15.0. The van der Waals surface area contributed by atoms with Crippen LogP contribution in [0.3, 0.4) is 0 Å². The predicted molar refractivity (Wildman–Crippen MR) is 75.9 cm³/mol. The number of rotatable bonds is 3. The average Bonchev–Trinajstić information content (AvgIpc) is 2.69. The van der Waals surface area contributed by atoms with Crippen LogP contribution in [0.1, 0.15) is 19.3 Å². The molecule has 3 rings (SSSR count). The lowest BCUT2D eigenvalue weighted by molar-refractivity contribution is -0.160. The average molecular weight is 289 g/mol. The molecule has 2 unspecified atom stereocenters. The van der Waals surface area contributed by atoms with Crippen molar-refractivity contribution in [2.75, 3.05) is 6.54 Å². The predicted octanol–water partition coefficient (Wildman–Crippen LogP) is 1.16. The quantitative estimate of drug-likeness (QED) is 0.792. The van der Waals surface area contributed by atoms with Crippen LogP contribution in [-0.2, 0) is 14.3 Å². The van der Waals surface area contributed by atoms with E-state index in [0.717, 1.165) is 5.70 Å². The highest BCUT2D eigenvalue weighted by molar-refractivity contribution is 5.87. The molecule has 5 heteroatoms. The number of likely N-dealkylation sites (tertiary alicyclic amines) is 1. The molecule has 4 atom stereocenters. The number of allylic oxidation sites excluding steroid dienone is 3. The highest BCUT2D eigenvalue weighted by atomic mass is 16.5. The Balaban J connectivity index is 1.62. The molecular weight excluding hydrogens is 270 g/mol. The maximum atomic E-state index is 12.4. The van der Waals surface area contributed by atoms with Gasteiger partial charge < -0.3 is 14.7 Å². The fourth-order valence-electron chi connectivity index (χ4n) is 3.23. The standard InChI is InChI=1S/C16H19NO4/c1-10-13-4-2-3-5-14(13)16(20)17(10)7-6-12-8-11(18)9-15(19)21-12/h2-5,11-14,18H,1,6-9H2/t11-,12-,13?,14?/m1/s1. The van der Waals surface area contributed by atoms with Crippen molar-refractivity contribution >= 4 is 11.9 Å². The van der Waals surface area contributed by atoms with Gasteiger partial charge in [-0.1, -0.05) is 30.9 Å². The van der Waals surface area contributed by atoms with Crippen molar-refractivity contribution in [3.63, 3.8) is 0 Å². The second-order valence-electron chi connectivity index (χ2n) is 5.80. The summed E-state index contributed by atoms with van der Waals surface area (Å²) in [6.45, 7) is 4.50. The lowest BCUT2D eigenvalue weighted by atomic mass is 9.90. The topological polar surface area (TPSA) is 66.8 Å². The number of aliphatic hydroxyl groups is 1. The number of hydrogen-bond acceptors (Lipinski definition) is 4. The fourth-order valence-corrected chi connectivity index (χ4v) is 3.23. The maximum Gasteiger partial charge on any atom is 0.308 e. The van der Waals surface area contributed by atoms with Crippen LogP contribution in [-0.4, -0.2) is 40.6 Å². The molecule has 1 N–H and O–H groups in total. The van der Waals surface area contributed by atoms with E-state index in [0.29, 0.717) is 19.4 Å². The summed E-state index contributed by atoms with van der Waals surface area (Å²) >= 11 is 0. The number of carbonyl (C=O) groups is 2. The second-order valence-corrected chi connectivity index (χ2v) is 5.80. The van der Waals surface area contributed by atoms with Gasteiger partial charge in [-0.25, -0.2) is 0 Å². The molecule has 0 aromatic carbocycles. The molecule has 2 heterocycles. The molecule has 1 amide bonds. The summed E-state index contributed by atoms with van der Waals surface area (Å²) in [5.74, 6) is -0.429. The molecule has 0 bridgehead atoms. The molecule has 2 fully saturated rings. The number of esters is 1. The molecular formula is C16H19NO4. The van der Waals surface area contributed by atoms with E-state index in [9.17, 15) is 14.7 Å². The first-order chi connectivity index (χ1) is 10.1. The van der Waals surface area contributed by atoms with Crippen LogP contribution in [0.4, 0.5) is 0 Å². The number of cyclic esters (lactones) is 1. The highest BCUT2D eigenvalue weighted by Gasteiger charge is 2.41. The van der Waals surface area contributed by atoms with Crippen LogP contribution < -0.4 is 0 Å². The number of amides is 1. The van der Waals surface area contributed by atoms with Gasteiger partial charge in [-0.15, -0.1) is 0 Å². The smallest absolute Gasteiger partial charge is 0.308 e. The largest absolute Gasteiger partial charge is 0.462 e. The van der Waals surface area contributed by atoms with E-state index in [4.69, 9.17) is 4.74 Å². The summed E-state index contributed by atoms with van der Waals surface area (Å²) in [4.78, 5) is 25.4. The van der Waals surface area contributed by atoms with Crippen molar-refractivity contribution in [2.24, 2.45) is 11.8 Å². The Bertz CT molecular complexity index is 506. The van der Waals surface area contributed by atoms with Gasteiger partial charge in [0, 0.05) is 31.0 Å². The Kier molecular flexibility index (Phi) is 3.68. The molecule has 5 nitrogen and oxygen atoms in total. The molecule has 0 aromatic rings. The van der Waals surface area contributed by atoms with Gasteiger partial charge in [0.2, 0.25) is 5.91 Å². The summed E-state index contributed by atoms with van der Waals surface area (Å²) in [6, 6.07) is 0. The molecule has 3 aliphatic rings. The zero-order valence-electron chi connectivity index (χ0n) is 11.8. The van der Waals surface area contributed by atoms with Crippen LogP contribution in [0, 0.1) is 11.8 Å². The number of hydrogen-bond donors (Lipinski definition) is 1. The van der Waals surface area contributed by atoms with Gasteiger partial charge in [0.15, 0.2) is 0 Å². The van der Waals surface area contributed by atoms with Gasteiger partial charge >= 0.3 is 5.97 Å². The molecule has 21 heavy (non-hydrogen) atoms. The van der Waals surface area contributed by atoms with E-state index in [1.165, 1.54) is 0 Å². The molecule has 0 saturated carbocycles. The van der Waals surface area contributed by atoms with Gasteiger partial charge in [-0.05, 0) is 0 Å². The van der Waals surface area contributed by atoms with Crippen LogP contribution in [0.25, 0.3) is 0 Å². The number of aliphatic hydroxyl groups excluding tert-OH is 1. The number of carbonyl (C=O) groups excluding carboxylic acids is 2. The van der Waals surface area contributed by atoms with Crippen molar-refractivity contribution < 1.29 is 19.4 Å². The van der Waals surface area contributed by atoms with E-state index in [1.54, 1.807) is 4.90 Å². The number of fused-ring (bicyclic) bond motifs is 1. The molecule has 0 aromatic heterocycles. The summed E-state index contributed by atoms with van der Waals surface area (Å²) in [7, 11) is 0. The molecule has 0 radical (unpaired) electrons. The van der Waals surface area contributed by atoms with Crippen LogP contribution in [0.5, 0.6) is 0 Å². The third kappa shape index (κ3) is 2.65. The van der Waals surface area contributed by atoms with Crippen molar-refractivity contribution in [1.82, 2.24) is 4.90 Å². The van der Waals surface area contributed by atoms with E-state index in [2.05, 4.69) is 6.58 Å². The summed E-state index contributed by atoms with van der Waals surface area (Å²) in [5.41, 5.74) is 0.799. The fraction of sp³-hybridized carbons (Fsp3) is 0.500. The molecule has 2 saturated heterocycles. The van der Waals surface area contributed by atoms with Gasteiger partial charge in [-0.3, -0.25) is 9.59 Å². The van der Waals surface area contributed by atoms with E-state index in [-0.39, 0.29) is 36.2 Å². The summed E-state index contributed by atoms with van der Waals surface area (Å²) in [6.07, 6.45) is 7.78. The second kappa shape index (κ2) is 5.48. The van der Waals surface area contributed by atoms with E-state index >= 15 is 0 Å². The van der Waals surface area contributed by atoms with Crippen molar-refractivity contribution in [3.8, 4) is 0 Å². The van der Waals surface area contributed by atoms with Gasteiger partial charge in [0.1, 0.15) is 6.10 Å². The Morgan fingerprint density at radius 2 is 2.00 bits per heavy atom. The minimum atomic E-state index is -0.637. The Morgan fingerprint density at radius 1 is 1.29 bits per heavy atom.